The Morgan fingerprint density at radius 3 is 2.56 bits per heavy atom. The summed E-state index contributed by atoms with van der Waals surface area (Å²) in [6.45, 7) is 0. The van der Waals surface area contributed by atoms with E-state index in [1.54, 1.807) is 11.3 Å². The molecule has 4 rings (SSSR count). The van der Waals surface area contributed by atoms with E-state index < -0.39 is 0 Å². The van der Waals surface area contributed by atoms with Crippen molar-refractivity contribution in [2.75, 3.05) is 0 Å². The van der Waals surface area contributed by atoms with Gasteiger partial charge in [-0.2, -0.15) is 0 Å². The predicted octanol–water partition coefficient (Wildman–Crippen LogP) is 5.31. The Balaban J connectivity index is 2.07. The summed E-state index contributed by atoms with van der Waals surface area (Å²) in [6.07, 6.45) is 0. The fourth-order valence-electron chi connectivity index (χ4n) is 2.32. The van der Waals surface area contributed by atoms with Crippen molar-refractivity contribution in [1.82, 2.24) is 0 Å². The third-order valence-electron chi connectivity index (χ3n) is 3.18. The van der Waals surface area contributed by atoms with Gasteiger partial charge in [-0.25, -0.2) is 0 Å². The van der Waals surface area contributed by atoms with Crippen LogP contribution < -0.4 is 0 Å². The van der Waals surface area contributed by atoms with E-state index in [0.29, 0.717) is 0 Å². The van der Waals surface area contributed by atoms with Crippen LogP contribution in [0.5, 0.6) is 0 Å². The first-order chi connectivity index (χ1) is 8.92. The predicted molar refractivity (Wildman–Crippen MR) is 77.0 cm³/mol. The molecule has 0 spiro atoms. The lowest BCUT2D eigenvalue weighted by molar-refractivity contribution is 0.669. The highest BCUT2D eigenvalue weighted by Crippen LogP contribution is 2.33. The summed E-state index contributed by atoms with van der Waals surface area (Å²) in [5, 5.41) is 4.48. The van der Waals surface area contributed by atoms with Gasteiger partial charge in [0.15, 0.2) is 0 Å². The van der Waals surface area contributed by atoms with E-state index in [9.17, 15) is 0 Å². The van der Waals surface area contributed by atoms with Crippen LogP contribution in [-0.2, 0) is 0 Å². The average Bonchev–Trinajstić information content (AvgIpc) is 3.05. The van der Waals surface area contributed by atoms with E-state index in [1.165, 1.54) is 21.2 Å². The number of hydrogen-bond acceptors (Lipinski definition) is 2. The van der Waals surface area contributed by atoms with Crippen LogP contribution in [-0.4, -0.2) is 0 Å². The Labute approximate surface area is 108 Å². The van der Waals surface area contributed by atoms with Crippen molar-refractivity contribution in [3.63, 3.8) is 0 Å². The van der Waals surface area contributed by atoms with Crippen LogP contribution in [0.1, 0.15) is 0 Å². The minimum atomic E-state index is 0.954. The second-order valence-corrected chi connectivity index (χ2v) is 5.23. The Bertz CT molecular complexity index is 825. The third-order valence-corrected chi connectivity index (χ3v) is 4.10. The van der Waals surface area contributed by atoms with Crippen molar-refractivity contribution in [2.24, 2.45) is 0 Å². The van der Waals surface area contributed by atoms with Crippen LogP contribution in [0.4, 0.5) is 0 Å². The van der Waals surface area contributed by atoms with Gasteiger partial charge in [0, 0.05) is 15.6 Å². The monoisotopic (exact) mass is 250 g/mol. The standard InChI is InChI=1S/C16H10OS/c1-2-5-14-12(4-1)13-10-11(7-8-15(13)17-14)16-6-3-9-18-16/h1-10H. The molecule has 4 aromatic rings. The highest BCUT2D eigenvalue weighted by molar-refractivity contribution is 7.13. The summed E-state index contributed by atoms with van der Waals surface area (Å²) in [5.74, 6) is 0. The first kappa shape index (κ1) is 9.92. The van der Waals surface area contributed by atoms with Crippen LogP contribution in [0.2, 0.25) is 0 Å². The van der Waals surface area contributed by atoms with E-state index in [2.05, 4.69) is 47.8 Å². The fourth-order valence-corrected chi connectivity index (χ4v) is 3.05. The molecule has 2 aromatic carbocycles. The topological polar surface area (TPSA) is 13.1 Å². The quantitative estimate of drug-likeness (QED) is 0.446. The molecular formula is C16H10OS. The van der Waals surface area contributed by atoms with Crippen LogP contribution in [0.15, 0.2) is 64.4 Å². The number of benzene rings is 2. The van der Waals surface area contributed by atoms with Crippen LogP contribution >= 0.6 is 11.3 Å². The molecule has 0 fully saturated rings. The lowest BCUT2D eigenvalue weighted by Crippen LogP contribution is -1.72. The van der Waals surface area contributed by atoms with Crippen LogP contribution in [0.25, 0.3) is 32.4 Å². The maximum absolute atomic E-state index is 5.83. The van der Waals surface area contributed by atoms with Gasteiger partial charge in [0.05, 0.1) is 0 Å². The van der Waals surface area contributed by atoms with E-state index in [4.69, 9.17) is 4.42 Å². The maximum Gasteiger partial charge on any atom is 0.135 e. The number of fused-ring (bicyclic) bond motifs is 3. The smallest absolute Gasteiger partial charge is 0.135 e. The van der Waals surface area contributed by atoms with Crippen molar-refractivity contribution >= 4 is 33.3 Å². The minimum absolute atomic E-state index is 0.954. The van der Waals surface area contributed by atoms with Crippen molar-refractivity contribution in [1.29, 1.82) is 0 Å². The zero-order valence-corrected chi connectivity index (χ0v) is 10.4. The zero-order valence-electron chi connectivity index (χ0n) is 9.59. The molecule has 2 heteroatoms. The van der Waals surface area contributed by atoms with Gasteiger partial charge >= 0.3 is 0 Å². The average molecular weight is 250 g/mol. The second-order valence-electron chi connectivity index (χ2n) is 4.29. The molecule has 2 aromatic heterocycles. The molecule has 0 atom stereocenters. The molecule has 0 saturated carbocycles. The molecule has 18 heavy (non-hydrogen) atoms. The molecular weight excluding hydrogens is 240 g/mol. The Morgan fingerprint density at radius 1 is 0.778 bits per heavy atom. The van der Waals surface area contributed by atoms with Gasteiger partial charge in [0.25, 0.3) is 0 Å². The van der Waals surface area contributed by atoms with Crippen molar-refractivity contribution < 1.29 is 4.42 Å². The molecule has 0 aliphatic carbocycles. The minimum Gasteiger partial charge on any atom is -0.456 e. The summed E-state index contributed by atoms with van der Waals surface area (Å²) in [4.78, 5) is 1.29. The molecule has 0 radical (unpaired) electrons. The largest absolute Gasteiger partial charge is 0.456 e. The van der Waals surface area contributed by atoms with Crippen LogP contribution in [0, 0.1) is 0 Å². The van der Waals surface area contributed by atoms with Gasteiger partial charge in [-0.1, -0.05) is 24.3 Å². The summed E-state index contributed by atoms with van der Waals surface area (Å²) >= 11 is 1.76. The number of thiophene rings is 1. The van der Waals surface area contributed by atoms with E-state index >= 15 is 0 Å². The van der Waals surface area contributed by atoms with Gasteiger partial charge < -0.3 is 4.42 Å². The van der Waals surface area contributed by atoms with Crippen molar-refractivity contribution in [3.05, 3.63) is 60.0 Å². The van der Waals surface area contributed by atoms with E-state index in [-0.39, 0.29) is 0 Å². The molecule has 1 nitrogen and oxygen atoms in total. The molecule has 0 unspecified atom stereocenters. The first-order valence-electron chi connectivity index (χ1n) is 5.87. The summed E-state index contributed by atoms with van der Waals surface area (Å²) in [7, 11) is 0. The Hall–Kier alpha value is -2.06. The molecule has 0 aliphatic heterocycles. The van der Waals surface area contributed by atoms with Gasteiger partial charge in [-0.15, -0.1) is 11.3 Å². The molecule has 0 saturated heterocycles. The number of hydrogen-bond donors (Lipinski definition) is 0. The van der Waals surface area contributed by atoms with Crippen LogP contribution in [0.3, 0.4) is 0 Å². The highest BCUT2D eigenvalue weighted by atomic mass is 32.1. The van der Waals surface area contributed by atoms with Crippen molar-refractivity contribution in [2.45, 2.75) is 0 Å². The molecule has 86 valence electrons. The molecule has 2 heterocycles. The Kier molecular flexibility index (Phi) is 2.05. The molecule has 0 N–H and O–H groups in total. The van der Waals surface area contributed by atoms with Crippen molar-refractivity contribution in [3.8, 4) is 10.4 Å². The number of furan rings is 1. The lowest BCUT2D eigenvalue weighted by Gasteiger charge is -1.97. The normalized spacial score (nSPS) is 11.3. The van der Waals surface area contributed by atoms with Gasteiger partial charge in [0.2, 0.25) is 0 Å². The van der Waals surface area contributed by atoms with E-state index in [0.717, 1.165) is 11.2 Å². The van der Waals surface area contributed by atoms with Gasteiger partial charge in [0.1, 0.15) is 11.2 Å². The molecule has 0 amide bonds. The summed E-state index contributed by atoms with van der Waals surface area (Å²) < 4.78 is 5.83. The van der Waals surface area contributed by atoms with E-state index in [1.807, 2.05) is 12.1 Å². The summed E-state index contributed by atoms with van der Waals surface area (Å²) in [5.41, 5.74) is 3.16. The number of rotatable bonds is 1. The summed E-state index contributed by atoms with van der Waals surface area (Å²) in [6, 6.07) is 18.8. The number of para-hydroxylation sites is 1. The van der Waals surface area contributed by atoms with Gasteiger partial charge in [-0.05, 0) is 41.3 Å². The highest BCUT2D eigenvalue weighted by Gasteiger charge is 2.07. The second kappa shape index (κ2) is 3.72. The fraction of sp³-hybridized carbons (Fsp3) is 0. The maximum atomic E-state index is 5.83. The third kappa shape index (κ3) is 1.39. The molecule has 0 bridgehead atoms. The first-order valence-corrected chi connectivity index (χ1v) is 6.75. The zero-order chi connectivity index (χ0) is 11.9. The lowest BCUT2D eigenvalue weighted by atomic mass is 10.1. The Morgan fingerprint density at radius 2 is 1.67 bits per heavy atom. The molecule has 0 aliphatic rings. The van der Waals surface area contributed by atoms with Gasteiger partial charge in [-0.3, -0.25) is 0 Å². The SMILES string of the molecule is c1csc(-c2ccc3oc4ccccc4c3c2)c1.